The molecular formula is C14H13N3O4. The lowest BCUT2D eigenvalue weighted by Gasteiger charge is -2.09. The van der Waals surface area contributed by atoms with Crippen LogP contribution in [0.15, 0.2) is 36.7 Å². The molecule has 0 spiro atoms. The molecule has 0 saturated heterocycles. The molecule has 2 aromatic rings. The van der Waals surface area contributed by atoms with Crippen molar-refractivity contribution in [3.05, 3.63) is 47.8 Å². The van der Waals surface area contributed by atoms with E-state index in [0.29, 0.717) is 0 Å². The van der Waals surface area contributed by atoms with Gasteiger partial charge in [0, 0.05) is 12.4 Å². The predicted molar refractivity (Wildman–Crippen MR) is 74.3 cm³/mol. The summed E-state index contributed by atoms with van der Waals surface area (Å²) in [7, 11) is 0. The van der Waals surface area contributed by atoms with Gasteiger partial charge in [-0.05, 0) is 25.1 Å². The van der Waals surface area contributed by atoms with Gasteiger partial charge in [0.1, 0.15) is 11.3 Å². The van der Waals surface area contributed by atoms with Gasteiger partial charge in [-0.1, -0.05) is 11.6 Å². The van der Waals surface area contributed by atoms with E-state index >= 15 is 0 Å². The number of carbonyl (C=O) groups excluding carboxylic acids is 1. The smallest absolute Gasteiger partial charge is 0.339 e. The molecular weight excluding hydrogens is 274 g/mol. The highest BCUT2D eigenvalue weighted by Gasteiger charge is 2.13. The molecule has 0 unspecified atom stereocenters. The van der Waals surface area contributed by atoms with E-state index in [1.54, 1.807) is 19.1 Å². The van der Waals surface area contributed by atoms with Crippen molar-refractivity contribution in [3.8, 4) is 5.75 Å². The number of ether oxygens (including phenoxy) is 1. The third-order valence-electron chi connectivity index (χ3n) is 2.54. The van der Waals surface area contributed by atoms with Gasteiger partial charge in [-0.2, -0.15) is 0 Å². The van der Waals surface area contributed by atoms with Crippen molar-refractivity contribution in [2.24, 2.45) is 0 Å². The maximum Gasteiger partial charge on any atom is 0.339 e. The predicted octanol–water partition coefficient (Wildman–Crippen LogP) is 1.50. The van der Waals surface area contributed by atoms with Gasteiger partial charge < -0.3 is 9.84 Å². The Hall–Kier alpha value is -2.96. The van der Waals surface area contributed by atoms with Crippen molar-refractivity contribution in [1.29, 1.82) is 0 Å². The molecule has 0 saturated carbocycles. The number of carboxylic acid groups (broad SMARTS) is 1. The SMILES string of the molecule is Cc1ccc(OCC(=O)Nc2ncccn2)c(C(=O)O)c1. The number of anilines is 1. The first-order valence-corrected chi connectivity index (χ1v) is 6.10. The van der Waals surface area contributed by atoms with E-state index in [1.807, 2.05) is 0 Å². The standard InChI is InChI=1S/C14H13N3O4/c1-9-3-4-11(10(7-9)13(19)20)21-8-12(18)17-14-15-5-2-6-16-14/h2-7H,8H2,1H3,(H,19,20)(H,15,16,17,18). The van der Waals surface area contributed by atoms with E-state index in [9.17, 15) is 9.59 Å². The molecule has 2 N–H and O–H groups in total. The van der Waals surface area contributed by atoms with Crippen LogP contribution in [0, 0.1) is 6.92 Å². The number of hydrogen-bond donors (Lipinski definition) is 2. The number of nitrogens with one attached hydrogen (secondary N) is 1. The van der Waals surface area contributed by atoms with Gasteiger partial charge in [-0.3, -0.25) is 10.1 Å². The summed E-state index contributed by atoms with van der Waals surface area (Å²) in [4.78, 5) is 30.5. The van der Waals surface area contributed by atoms with Gasteiger partial charge in [-0.15, -0.1) is 0 Å². The fourth-order valence-corrected chi connectivity index (χ4v) is 1.60. The molecule has 1 aromatic carbocycles. The zero-order valence-electron chi connectivity index (χ0n) is 11.2. The molecule has 21 heavy (non-hydrogen) atoms. The number of hydrogen-bond acceptors (Lipinski definition) is 5. The van der Waals surface area contributed by atoms with E-state index in [0.717, 1.165) is 5.56 Å². The fraction of sp³-hybridized carbons (Fsp3) is 0.143. The minimum absolute atomic E-state index is 0.0127. The topological polar surface area (TPSA) is 101 Å². The summed E-state index contributed by atoms with van der Waals surface area (Å²) in [5, 5.41) is 11.5. The molecule has 108 valence electrons. The Labute approximate surface area is 120 Å². The van der Waals surface area contributed by atoms with Gasteiger partial charge in [0.2, 0.25) is 5.95 Å². The summed E-state index contributed by atoms with van der Waals surface area (Å²) < 4.78 is 5.24. The van der Waals surface area contributed by atoms with Crippen molar-refractivity contribution in [2.75, 3.05) is 11.9 Å². The van der Waals surface area contributed by atoms with E-state index in [2.05, 4.69) is 15.3 Å². The molecule has 0 aliphatic rings. The number of amides is 1. The van der Waals surface area contributed by atoms with Crippen LogP contribution in [0.2, 0.25) is 0 Å². The minimum Gasteiger partial charge on any atom is -0.483 e. The average molecular weight is 287 g/mol. The summed E-state index contributed by atoms with van der Waals surface area (Å²) in [5.41, 5.74) is 0.806. The maximum absolute atomic E-state index is 11.7. The molecule has 2 rings (SSSR count). The van der Waals surface area contributed by atoms with Crippen LogP contribution in [0.1, 0.15) is 15.9 Å². The second kappa shape index (κ2) is 6.47. The molecule has 1 amide bonds. The van der Waals surface area contributed by atoms with Crippen LogP contribution in [0.5, 0.6) is 5.75 Å². The molecule has 0 aliphatic carbocycles. The van der Waals surface area contributed by atoms with E-state index in [1.165, 1.54) is 24.5 Å². The maximum atomic E-state index is 11.7. The second-order valence-electron chi connectivity index (χ2n) is 4.21. The zero-order chi connectivity index (χ0) is 15.2. The van der Waals surface area contributed by atoms with Crippen molar-refractivity contribution in [2.45, 2.75) is 6.92 Å². The summed E-state index contributed by atoms with van der Waals surface area (Å²) in [6.45, 7) is 1.44. The van der Waals surface area contributed by atoms with E-state index in [-0.39, 0.29) is 23.9 Å². The van der Waals surface area contributed by atoms with Crippen molar-refractivity contribution < 1.29 is 19.4 Å². The Bertz CT molecular complexity index is 659. The van der Waals surface area contributed by atoms with Crippen LogP contribution in [0.4, 0.5) is 5.95 Å². The molecule has 0 aliphatic heterocycles. The number of aromatic carboxylic acids is 1. The summed E-state index contributed by atoms with van der Waals surface area (Å²) in [6, 6.07) is 6.33. The summed E-state index contributed by atoms with van der Waals surface area (Å²) >= 11 is 0. The molecule has 0 fully saturated rings. The number of benzene rings is 1. The molecule has 7 nitrogen and oxygen atoms in total. The minimum atomic E-state index is -1.11. The highest BCUT2D eigenvalue weighted by atomic mass is 16.5. The number of aromatic nitrogens is 2. The van der Waals surface area contributed by atoms with Gasteiger partial charge in [0.25, 0.3) is 5.91 Å². The van der Waals surface area contributed by atoms with Crippen molar-refractivity contribution in [3.63, 3.8) is 0 Å². The van der Waals surface area contributed by atoms with Crippen LogP contribution < -0.4 is 10.1 Å². The number of nitrogens with zero attached hydrogens (tertiary/aromatic N) is 2. The molecule has 1 heterocycles. The highest BCUT2D eigenvalue weighted by Crippen LogP contribution is 2.20. The van der Waals surface area contributed by atoms with Gasteiger partial charge in [0.05, 0.1) is 0 Å². The van der Waals surface area contributed by atoms with Gasteiger partial charge in [-0.25, -0.2) is 14.8 Å². The monoisotopic (exact) mass is 287 g/mol. The lowest BCUT2D eigenvalue weighted by atomic mass is 10.1. The second-order valence-corrected chi connectivity index (χ2v) is 4.21. The first-order valence-electron chi connectivity index (χ1n) is 6.10. The third kappa shape index (κ3) is 4.00. The number of carboxylic acids is 1. The van der Waals surface area contributed by atoms with Crippen molar-refractivity contribution >= 4 is 17.8 Å². The zero-order valence-corrected chi connectivity index (χ0v) is 11.2. The number of aryl methyl sites for hydroxylation is 1. The molecule has 0 bridgehead atoms. The van der Waals surface area contributed by atoms with Crippen molar-refractivity contribution in [1.82, 2.24) is 9.97 Å². The van der Waals surface area contributed by atoms with Crippen LogP contribution in [0.25, 0.3) is 0 Å². The summed E-state index contributed by atoms with van der Waals surface area (Å²) in [6.07, 6.45) is 2.98. The quantitative estimate of drug-likeness (QED) is 0.864. The lowest BCUT2D eigenvalue weighted by molar-refractivity contribution is -0.118. The Balaban J connectivity index is 2.00. The molecule has 1 aromatic heterocycles. The van der Waals surface area contributed by atoms with Crippen LogP contribution in [0.3, 0.4) is 0 Å². The van der Waals surface area contributed by atoms with E-state index in [4.69, 9.17) is 9.84 Å². The Morgan fingerprint density at radius 2 is 2.00 bits per heavy atom. The average Bonchev–Trinajstić information content (AvgIpc) is 2.47. The largest absolute Gasteiger partial charge is 0.483 e. The highest BCUT2D eigenvalue weighted by molar-refractivity contribution is 5.92. The Kier molecular flexibility index (Phi) is 4.45. The van der Waals surface area contributed by atoms with Crippen LogP contribution in [-0.4, -0.2) is 33.6 Å². The fourth-order valence-electron chi connectivity index (χ4n) is 1.60. The third-order valence-corrected chi connectivity index (χ3v) is 2.54. The van der Waals surface area contributed by atoms with Crippen LogP contribution >= 0.6 is 0 Å². The first kappa shape index (κ1) is 14.4. The first-order chi connectivity index (χ1) is 10.1. The normalized spacial score (nSPS) is 9.95. The molecule has 0 atom stereocenters. The number of carbonyl (C=O) groups is 2. The number of rotatable bonds is 5. The van der Waals surface area contributed by atoms with E-state index < -0.39 is 11.9 Å². The van der Waals surface area contributed by atoms with Crippen LogP contribution in [-0.2, 0) is 4.79 Å². The van der Waals surface area contributed by atoms with Gasteiger partial charge >= 0.3 is 5.97 Å². The molecule has 7 heteroatoms. The molecule has 0 radical (unpaired) electrons. The Morgan fingerprint density at radius 1 is 1.29 bits per heavy atom. The van der Waals surface area contributed by atoms with Gasteiger partial charge in [0.15, 0.2) is 6.61 Å². The lowest BCUT2D eigenvalue weighted by Crippen LogP contribution is -2.22. The Morgan fingerprint density at radius 3 is 2.67 bits per heavy atom. The summed E-state index contributed by atoms with van der Waals surface area (Å²) in [5.74, 6) is -1.29.